The average molecular weight is 320 g/mol. The summed E-state index contributed by atoms with van der Waals surface area (Å²) in [6.45, 7) is 3.16. The van der Waals surface area contributed by atoms with Crippen molar-refractivity contribution in [1.29, 1.82) is 0 Å². The standard InChI is InChI=1S/C11H14BrNO3S/c1-9-8-16-7-6-13(9)17(14,15)11-5-3-2-4-10(11)12/h2-5,9H,6-8H2,1H3/t9-/m0/s1. The second-order valence-electron chi connectivity index (χ2n) is 3.97. The van der Waals surface area contributed by atoms with Crippen LogP contribution in [0.25, 0.3) is 0 Å². The molecule has 0 aliphatic carbocycles. The summed E-state index contributed by atoms with van der Waals surface area (Å²) in [5.74, 6) is 0. The van der Waals surface area contributed by atoms with Crippen LogP contribution in [0.3, 0.4) is 0 Å². The Balaban J connectivity index is 2.39. The molecule has 0 radical (unpaired) electrons. The highest BCUT2D eigenvalue weighted by molar-refractivity contribution is 9.10. The first kappa shape index (κ1) is 13.0. The second-order valence-corrected chi connectivity index (χ2v) is 6.68. The van der Waals surface area contributed by atoms with Gasteiger partial charge in [0.15, 0.2) is 0 Å². The van der Waals surface area contributed by atoms with E-state index < -0.39 is 10.0 Å². The number of hydrogen-bond donors (Lipinski definition) is 0. The molecule has 1 atom stereocenters. The second kappa shape index (κ2) is 5.06. The molecule has 0 bridgehead atoms. The summed E-state index contributed by atoms with van der Waals surface area (Å²) >= 11 is 3.28. The number of ether oxygens (including phenoxy) is 1. The molecule has 6 heteroatoms. The molecule has 0 N–H and O–H groups in total. The highest BCUT2D eigenvalue weighted by atomic mass is 79.9. The Kier molecular flexibility index (Phi) is 3.87. The van der Waals surface area contributed by atoms with Crippen molar-refractivity contribution in [2.24, 2.45) is 0 Å². The first-order chi connectivity index (χ1) is 8.03. The quantitative estimate of drug-likeness (QED) is 0.836. The third-order valence-electron chi connectivity index (χ3n) is 2.73. The van der Waals surface area contributed by atoms with Crippen LogP contribution < -0.4 is 0 Å². The number of nitrogens with zero attached hydrogens (tertiary/aromatic N) is 1. The van der Waals surface area contributed by atoms with Gasteiger partial charge < -0.3 is 4.74 Å². The number of rotatable bonds is 2. The lowest BCUT2D eigenvalue weighted by atomic mass is 10.3. The first-order valence-corrected chi connectivity index (χ1v) is 7.61. The van der Waals surface area contributed by atoms with E-state index in [0.29, 0.717) is 29.1 Å². The summed E-state index contributed by atoms with van der Waals surface area (Å²) in [7, 11) is -3.44. The molecule has 1 aromatic rings. The van der Waals surface area contributed by atoms with E-state index in [1.54, 1.807) is 24.3 Å². The number of halogens is 1. The van der Waals surface area contributed by atoms with E-state index >= 15 is 0 Å². The van der Waals surface area contributed by atoms with Gasteiger partial charge in [-0.1, -0.05) is 12.1 Å². The van der Waals surface area contributed by atoms with Crippen molar-refractivity contribution in [1.82, 2.24) is 4.31 Å². The van der Waals surface area contributed by atoms with Crippen LogP contribution in [0.1, 0.15) is 6.92 Å². The van der Waals surface area contributed by atoms with Crippen molar-refractivity contribution in [2.75, 3.05) is 19.8 Å². The van der Waals surface area contributed by atoms with Crippen molar-refractivity contribution < 1.29 is 13.2 Å². The number of sulfonamides is 1. The highest BCUT2D eigenvalue weighted by Crippen LogP contribution is 2.26. The summed E-state index contributed by atoms with van der Waals surface area (Å²) in [6, 6.07) is 6.75. The Hall–Kier alpha value is -0.430. The van der Waals surface area contributed by atoms with Gasteiger partial charge in [0, 0.05) is 17.1 Å². The van der Waals surface area contributed by atoms with Gasteiger partial charge in [-0.25, -0.2) is 8.42 Å². The van der Waals surface area contributed by atoms with Crippen LogP contribution in [-0.2, 0) is 14.8 Å². The Bertz CT molecular complexity index is 503. The molecule has 2 rings (SSSR count). The van der Waals surface area contributed by atoms with Gasteiger partial charge in [-0.05, 0) is 35.0 Å². The smallest absolute Gasteiger partial charge is 0.244 e. The van der Waals surface area contributed by atoms with Crippen LogP contribution in [0.5, 0.6) is 0 Å². The molecule has 0 aromatic heterocycles. The molecule has 1 aliphatic rings. The van der Waals surface area contributed by atoms with Crippen LogP contribution >= 0.6 is 15.9 Å². The lowest BCUT2D eigenvalue weighted by Crippen LogP contribution is -2.47. The molecule has 0 spiro atoms. The van der Waals surface area contributed by atoms with Gasteiger partial charge in [-0.15, -0.1) is 0 Å². The van der Waals surface area contributed by atoms with Gasteiger partial charge >= 0.3 is 0 Å². The zero-order chi connectivity index (χ0) is 12.5. The summed E-state index contributed by atoms with van der Waals surface area (Å²) in [4.78, 5) is 0.314. The largest absolute Gasteiger partial charge is 0.378 e. The summed E-state index contributed by atoms with van der Waals surface area (Å²) < 4.78 is 32.3. The van der Waals surface area contributed by atoms with Gasteiger partial charge in [-0.2, -0.15) is 4.31 Å². The molecule has 1 aromatic carbocycles. The Morgan fingerprint density at radius 1 is 1.41 bits per heavy atom. The molecule has 0 saturated carbocycles. The highest BCUT2D eigenvalue weighted by Gasteiger charge is 2.32. The molecule has 1 aliphatic heterocycles. The third kappa shape index (κ3) is 2.54. The molecule has 1 saturated heterocycles. The number of benzene rings is 1. The minimum Gasteiger partial charge on any atom is -0.378 e. The van der Waals surface area contributed by atoms with Crippen LogP contribution in [0, 0.1) is 0 Å². The zero-order valence-electron chi connectivity index (χ0n) is 9.47. The maximum absolute atomic E-state index is 12.5. The molecular weight excluding hydrogens is 306 g/mol. The Labute approximate surface area is 110 Å². The molecule has 0 amide bonds. The lowest BCUT2D eigenvalue weighted by Gasteiger charge is -2.32. The van der Waals surface area contributed by atoms with Crippen LogP contribution in [0.4, 0.5) is 0 Å². The maximum atomic E-state index is 12.5. The average Bonchev–Trinajstić information content (AvgIpc) is 2.29. The van der Waals surface area contributed by atoms with Crippen molar-refractivity contribution in [2.45, 2.75) is 17.9 Å². The van der Waals surface area contributed by atoms with Crippen LogP contribution in [0.15, 0.2) is 33.6 Å². The maximum Gasteiger partial charge on any atom is 0.244 e. The van der Waals surface area contributed by atoms with E-state index in [0.717, 1.165) is 0 Å². The Morgan fingerprint density at radius 2 is 2.12 bits per heavy atom. The van der Waals surface area contributed by atoms with Gasteiger partial charge in [0.2, 0.25) is 10.0 Å². The fraction of sp³-hybridized carbons (Fsp3) is 0.455. The minimum atomic E-state index is -3.44. The number of hydrogen-bond acceptors (Lipinski definition) is 3. The van der Waals surface area contributed by atoms with Gasteiger partial charge in [-0.3, -0.25) is 0 Å². The van der Waals surface area contributed by atoms with E-state index in [1.807, 2.05) is 6.92 Å². The molecule has 0 unspecified atom stereocenters. The summed E-state index contributed by atoms with van der Waals surface area (Å²) in [6.07, 6.45) is 0. The third-order valence-corrected chi connectivity index (χ3v) is 5.76. The molecule has 17 heavy (non-hydrogen) atoms. The van der Waals surface area contributed by atoms with Crippen LogP contribution in [-0.4, -0.2) is 38.5 Å². The summed E-state index contributed by atoms with van der Waals surface area (Å²) in [5, 5.41) is 0. The molecule has 94 valence electrons. The van der Waals surface area contributed by atoms with Crippen molar-refractivity contribution in [3.63, 3.8) is 0 Å². The van der Waals surface area contributed by atoms with Crippen molar-refractivity contribution in [3.05, 3.63) is 28.7 Å². The number of morpholine rings is 1. The first-order valence-electron chi connectivity index (χ1n) is 5.37. The molecular formula is C11H14BrNO3S. The monoisotopic (exact) mass is 319 g/mol. The van der Waals surface area contributed by atoms with Crippen molar-refractivity contribution in [3.8, 4) is 0 Å². The predicted octanol–water partition coefficient (Wildman–Crippen LogP) is 1.86. The van der Waals surface area contributed by atoms with E-state index in [9.17, 15) is 8.42 Å². The normalized spacial score (nSPS) is 22.6. The minimum absolute atomic E-state index is 0.124. The van der Waals surface area contributed by atoms with Gasteiger partial charge in [0.05, 0.1) is 18.1 Å². The molecule has 1 heterocycles. The van der Waals surface area contributed by atoms with E-state index in [4.69, 9.17) is 4.74 Å². The fourth-order valence-corrected chi connectivity index (χ4v) is 4.41. The summed E-state index contributed by atoms with van der Waals surface area (Å²) in [5.41, 5.74) is 0. The zero-order valence-corrected chi connectivity index (χ0v) is 11.9. The Morgan fingerprint density at radius 3 is 2.76 bits per heavy atom. The topological polar surface area (TPSA) is 46.6 Å². The van der Waals surface area contributed by atoms with E-state index in [-0.39, 0.29) is 6.04 Å². The van der Waals surface area contributed by atoms with Crippen LogP contribution in [0.2, 0.25) is 0 Å². The van der Waals surface area contributed by atoms with E-state index in [1.165, 1.54) is 4.31 Å². The predicted molar refractivity (Wildman–Crippen MR) is 68.3 cm³/mol. The van der Waals surface area contributed by atoms with E-state index in [2.05, 4.69) is 15.9 Å². The fourth-order valence-electron chi connectivity index (χ4n) is 1.85. The lowest BCUT2D eigenvalue weighted by molar-refractivity contribution is 0.0392. The molecule has 1 fully saturated rings. The van der Waals surface area contributed by atoms with Crippen molar-refractivity contribution >= 4 is 26.0 Å². The van der Waals surface area contributed by atoms with Gasteiger partial charge in [0.25, 0.3) is 0 Å². The van der Waals surface area contributed by atoms with Gasteiger partial charge in [0.1, 0.15) is 0 Å². The SMILES string of the molecule is C[C@H]1COCCN1S(=O)(=O)c1ccccc1Br. The molecule has 4 nitrogen and oxygen atoms in total.